The fourth-order valence-corrected chi connectivity index (χ4v) is 1.72. The van der Waals surface area contributed by atoms with E-state index >= 15 is 0 Å². The number of rotatable bonds is 5. The number of benzene rings is 2. The highest BCUT2D eigenvalue weighted by molar-refractivity contribution is 5.94. The van der Waals surface area contributed by atoms with E-state index in [0.717, 1.165) is 0 Å². The Balaban J connectivity index is 2.03. The molecule has 0 atom stereocenters. The summed E-state index contributed by atoms with van der Waals surface area (Å²) in [5, 5.41) is 0. The standard InChI is InChI=1S/C16H15FO3/c1-11(18)12-3-6-14(7-4-12)20-10-13-5-8-15(19-2)9-16(13)17/h3-9H,10H2,1-2H3. The van der Waals surface area contributed by atoms with Gasteiger partial charge in [0, 0.05) is 17.2 Å². The van der Waals surface area contributed by atoms with Gasteiger partial charge in [-0.25, -0.2) is 4.39 Å². The first-order valence-electron chi connectivity index (χ1n) is 6.16. The monoisotopic (exact) mass is 274 g/mol. The molecule has 0 N–H and O–H groups in total. The predicted octanol–water partition coefficient (Wildman–Crippen LogP) is 3.62. The van der Waals surface area contributed by atoms with E-state index in [9.17, 15) is 9.18 Å². The minimum Gasteiger partial charge on any atom is -0.497 e. The third-order valence-corrected chi connectivity index (χ3v) is 2.92. The summed E-state index contributed by atoms with van der Waals surface area (Å²) in [6, 6.07) is 11.4. The van der Waals surface area contributed by atoms with Gasteiger partial charge in [-0.2, -0.15) is 0 Å². The van der Waals surface area contributed by atoms with Crippen molar-refractivity contribution in [3.8, 4) is 11.5 Å². The van der Waals surface area contributed by atoms with Crippen LogP contribution in [0.1, 0.15) is 22.8 Å². The van der Waals surface area contributed by atoms with Crippen LogP contribution >= 0.6 is 0 Å². The van der Waals surface area contributed by atoms with Crippen LogP contribution in [0, 0.1) is 5.82 Å². The number of carbonyl (C=O) groups excluding carboxylic acids is 1. The van der Waals surface area contributed by atoms with Gasteiger partial charge in [0.25, 0.3) is 0 Å². The van der Waals surface area contributed by atoms with E-state index in [-0.39, 0.29) is 18.2 Å². The molecule has 4 heteroatoms. The van der Waals surface area contributed by atoms with Gasteiger partial charge >= 0.3 is 0 Å². The molecule has 0 amide bonds. The van der Waals surface area contributed by atoms with Crippen LogP contribution in [0.2, 0.25) is 0 Å². The van der Waals surface area contributed by atoms with E-state index in [4.69, 9.17) is 9.47 Å². The molecule has 0 heterocycles. The van der Waals surface area contributed by atoms with Crippen molar-refractivity contribution >= 4 is 5.78 Å². The fourth-order valence-electron chi connectivity index (χ4n) is 1.72. The largest absolute Gasteiger partial charge is 0.497 e. The zero-order chi connectivity index (χ0) is 14.5. The lowest BCUT2D eigenvalue weighted by molar-refractivity contribution is 0.101. The molecule has 0 aromatic heterocycles. The van der Waals surface area contributed by atoms with Crippen molar-refractivity contribution in [1.29, 1.82) is 0 Å². The molecular formula is C16H15FO3. The summed E-state index contributed by atoms with van der Waals surface area (Å²) in [5.41, 5.74) is 1.06. The summed E-state index contributed by atoms with van der Waals surface area (Å²) in [7, 11) is 1.49. The van der Waals surface area contributed by atoms with Gasteiger partial charge in [0.2, 0.25) is 0 Å². The first-order chi connectivity index (χ1) is 9.60. The van der Waals surface area contributed by atoms with Gasteiger partial charge in [-0.15, -0.1) is 0 Å². The van der Waals surface area contributed by atoms with E-state index in [1.807, 2.05) is 0 Å². The van der Waals surface area contributed by atoms with Crippen molar-refractivity contribution in [2.45, 2.75) is 13.5 Å². The summed E-state index contributed by atoms with van der Waals surface area (Å²) in [4.78, 5) is 11.1. The number of carbonyl (C=O) groups is 1. The molecule has 2 aromatic rings. The smallest absolute Gasteiger partial charge is 0.159 e. The van der Waals surface area contributed by atoms with Crippen LogP contribution in [-0.4, -0.2) is 12.9 Å². The second-order valence-corrected chi connectivity index (χ2v) is 4.33. The van der Waals surface area contributed by atoms with Crippen molar-refractivity contribution in [2.75, 3.05) is 7.11 Å². The second-order valence-electron chi connectivity index (χ2n) is 4.33. The molecule has 0 aliphatic carbocycles. The predicted molar refractivity (Wildman–Crippen MR) is 73.7 cm³/mol. The van der Waals surface area contributed by atoms with E-state index in [1.165, 1.54) is 20.1 Å². The average molecular weight is 274 g/mol. The first kappa shape index (κ1) is 14.1. The van der Waals surface area contributed by atoms with Gasteiger partial charge in [0.1, 0.15) is 23.9 Å². The van der Waals surface area contributed by atoms with E-state index < -0.39 is 0 Å². The van der Waals surface area contributed by atoms with Gasteiger partial charge in [0.05, 0.1) is 7.11 Å². The molecule has 2 aromatic carbocycles. The van der Waals surface area contributed by atoms with Crippen molar-refractivity contribution in [3.05, 3.63) is 59.4 Å². The Labute approximate surface area is 117 Å². The van der Waals surface area contributed by atoms with Crippen LogP contribution in [0.5, 0.6) is 11.5 Å². The normalized spacial score (nSPS) is 10.2. The average Bonchev–Trinajstić information content (AvgIpc) is 2.46. The Morgan fingerprint density at radius 1 is 1.10 bits per heavy atom. The third-order valence-electron chi connectivity index (χ3n) is 2.92. The highest BCUT2D eigenvalue weighted by atomic mass is 19.1. The number of halogens is 1. The summed E-state index contributed by atoms with van der Waals surface area (Å²) in [6.07, 6.45) is 0. The van der Waals surface area contributed by atoms with E-state index in [0.29, 0.717) is 22.6 Å². The molecule has 0 saturated carbocycles. The molecule has 0 radical (unpaired) electrons. The minimum absolute atomic E-state index is 0.00208. The molecule has 104 valence electrons. The molecule has 0 unspecified atom stereocenters. The van der Waals surface area contributed by atoms with Crippen LogP contribution in [0.15, 0.2) is 42.5 Å². The van der Waals surface area contributed by atoms with Crippen molar-refractivity contribution in [3.63, 3.8) is 0 Å². The third kappa shape index (κ3) is 3.35. The Morgan fingerprint density at radius 2 is 1.75 bits per heavy atom. The zero-order valence-electron chi connectivity index (χ0n) is 11.4. The SMILES string of the molecule is COc1ccc(COc2ccc(C(C)=O)cc2)c(F)c1. The highest BCUT2D eigenvalue weighted by Crippen LogP contribution is 2.19. The summed E-state index contributed by atoms with van der Waals surface area (Å²) >= 11 is 0. The lowest BCUT2D eigenvalue weighted by Gasteiger charge is -2.08. The molecule has 3 nitrogen and oxygen atoms in total. The maximum atomic E-state index is 13.7. The lowest BCUT2D eigenvalue weighted by Crippen LogP contribution is -1.99. The molecule has 20 heavy (non-hydrogen) atoms. The van der Waals surface area contributed by atoms with E-state index in [2.05, 4.69) is 0 Å². The maximum absolute atomic E-state index is 13.7. The quantitative estimate of drug-likeness (QED) is 0.781. The van der Waals surface area contributed by atoms with Crippen LogP contribution in [-0.2, 0) is 6.61 Å². The van der Waals surface area contributed by atoms with Crippen molar-refractivity contribution < 1.29 is 18.7 Å². The lowest BCUT2D eigenvalue weighted by atomic mass is 10.1. The van der Waals surface area contributed by atoms with Gasteiger partial charge in [-0.3, -0.25) is 4.79 Å². The van der Waals surface area contributed by atoms with Gasteiger partial charge in [-0.1, -0.05) is 0 Å². The molecule has 2 rings (SSSR count). The molecule has 0 aliphatic rings. The fraction of sp³-hybridized carbons (Fsp3) is 0.188. The van der Waals surface area contributed by atoms with Crippen molar-refractivity contribution in [2.24, 2.45) is 0 Å². The molecule has 0 bridgehead atoms. The molecule has 0 aliphatic heterocycles. The number of hydrogen-bond donors (Lipinski definition) is 0. The maximum Gasteiger partial charge on any atom is 0.159 e. The Bertz CT molecular complexity index is 606. The van der Waals surface area contributed by atoms with Crippen LogP contribution in [0.4, 0.5) is 4.39 Å². The number of Topliss-reactive ketones (excluding diaryl/α,β-unsaturated/α-hetero) is 1. The summed E-state index contributed by atoms with van der Waals surface area (Å²) < 4.78 is 24.1. The van der Waals surface area contributed by atoms with Gasteiger partial charge < -0.3 is 9.47 Å². The zero-order valence-corrected chi connectivity index (χ0v) is 11.4. The Kier molecular flexibility index (Phi) is 4.35. The first-order valence-corrected chi connectivity index (χ1v) is 6.16. The van der Waals surface area contributed by atoms with Gasteiger partial charge in [0.15, 0.2) is 5.78 Å². The Hall–Kier alpha value is -2.36. The van der Waals surface area contributed by atoms with Crippen LogP contribution < -0.4 is 9.47 Å². The molecule has 0 saturated heterocycles. The van der Waals surface area contributed by atoms with Gasteiger partial charge in [-0.05, 0) is 43.3 Å². The highest BCUT2D eigenvalue weighted by Gasteiger charge is 2.05. The van der Waals surface area contributed by atoms with E-state index in [1.54, 1.807) is 36.4 Å². The Morgan fingerprint density at radius 3 is 2.30 bits per heavy atom. The number of hydrogen-bond acceptors (Lipinski definition) is 3. The number of methoxy groups -OCH3 is 1. The van der Waals surface area contributed by atoms with Crippen LogP contribution in [0.3, 0.4) is 0 Å². The summed E-state index contributed by atoms with van der Waals surface area (Å²) in [6.45, 7) is 1.62. The van der Waals surface area contributed by atoms with Crippen LogP contribution in [0.25, 0.3) is 0 Å². The molecular weight excluding hydrogens is 259 g/mol. The molecule has 0 spiro atoms. The topological polar surface area (TPSA) is 35.5 Å². The minimum atomic E-state index is -0.371. The molecule has 0 fully saturated rings. The van der Waals surface area contributed by atoms with Crippen molar-refractivity contribution in [1.82, 2.24) is 0 Å². The summed E-state index contributed by atoms with van der Waals surface area (Å²) in [5.74, 6) is 0.685. The second kappa shape index (κ2) is 6.19. The number of ketones is 1. The number of ether oxygens (including phenoxy) is 2.